The summed E-state index contributed by atoms with van der Waals surface area (Å²) >= 11 is 0. The number of hydrogen-bond donors (Lipinski definition) is 1. The number of amides is 1. The van der Waals surface area contributed by atoms with E-state index in [1.54, 1.807) is 20.8 Å². The quantitative estimate of drug-likeness (QED) is 0.517. The Kier molecular flexibility index (Phi) is 6.06. The minimum Gasteiger partial charge on any atom is -0.453 e. The largest absolute Gasteiger partial charge is 0.453 e. The van der Waals surface area contributed by atoms with Crippen molar-refractivity contribution >= 4 is 23.5 Å². The Bertz CT molecular complexity index is 544. The fourth-order valence-corrected chi connectivity index (χ4v) is 1.39. The van der Waals surface area contributed by atoms with Crippen molar-refractivity contribution in [1.82, 2.24) is 0 Å². The molecule has 7 heteroatoms. The number of methoxy groups -OCH3 is 1. The van der Waals surface area contributed by atoms with Gasteiger partial charge in [0, 0.05) is 12.8 Å². The zero-order chi connectivity index (χ0) is 16.8. The second-order valence-electron chi connectivity index (χ2n) is 5.37. The average Bonchev–Trinajstić information content (AvgIpc) is 2.43. The van der Waals surface area contributed by atoms with Crippen molar-refractivity contribution in [3.05, 3.63) is 29.8 Å². The van der Waals surface area contributed by atoms with Gasteiger partial charge >= 0.3 is 17.8 Å². The molecule has 0 fully saturated rings. The maximum absolute atomic E-state index is 11.7. The van der Waals surface area contributed by atoms with Gasteiger partial charge in [0.25, 0.3) is 0 Å². The highest BCUT2D eigenvalue weighted by molar-refractivity contribution is 6.37. The number of benzene rings is 1. The van der Waals surface area contributed by atoms with Crippen molar-refractivity contribution in [3.63, 3.8) is 0 Å². The maximum Gasteiger partial charge on any atom is 0.397 e. The molecule has 1 N–H and O–H groups in total. The molecule has 0 aliphatic carbocycles. The summed E-state index contributed by atoms with van der Waals surface area (Å²) in [6.45, 7) is 4.85. The molecule has 0 spiro atoms. The molecule has 7 nitrogen and oxygen atoms in total. The SMILES string of the molecule is COCOC(=O)c1ccc(NC(=O)C(=O)OC(C)(C)C)cc1. The highest BCUT2D eigenvalue weighted by Gasteiger charge is 2.22. The van der Waals surface area contributed by atoms with Crippen molar-refractivity contribution in [2.24, 2.45) is 0 Å². The summed E-state index contributed by atoms with van der Waals surface area (Å²) < 4.78 is 14.3. The highest BCUT2D eigenvalue weighted by atomic mass is 16.7. The van der Waals surface area contributed by atoms with E-state index in [4.69, 9.17) is 9.47 Å². The van der Waals surface area contributed by atoms with Gasteiger partial charge in [-0.15, -0.1) is 0 Å². The second-order valence-corrected chi connectivity index (χ2v) is 5.37. The Hall–Kier alpha value is -2.41. The molecule has 0 bridgehead atoms. The van der Waals surface area contributed by atoms with E-state index < -0.39 is 23.4 Å². The third-order valence-electron chi connectivity index (χ3n) is 2.27. The van der Waals surface area contributed by atoms with Crippen LogP contribution < -0.4 is 5.32 Å². The molecule has 1 aromatic rings. The first-order chi connectivity index (χ1) is 10.2. The molecule has 0 saturated carbocycles. The van der Waals surface area contributed by atoms with Gasteiger partial charge in [0.2, 0.25) is 0 Å². The second kappa shape index (κ2) is 7.56. The van der Waals surface area contributed by atoms with Gasteiger partial charge in [-0.25, -0.2) is 9.59 Å². The lowest BCUT2D eigenvalue weighted by molar-refractivity contribution is -0.161. The van der Waals surface area contributed by atoms with Crippen LogP contribution in [-0.4, -0.2) is 37.3 Å². The first-order valence-corrected chi connectivity index (χ1v) is 6.53. The molecule has 0 heterocycles. The number of anilines is 1. The van der Waals surface area contributed by atoms with E-state index in [1.807, 2.05) is 0 Å². The molecular weight excluding hydrogens is 290 g/mol. The summed E-state index contributed by atoms with van der Waals surface area (Å²) in [6, 6.07) is 5.88. The molecular formula is C15H19NO6. The molecule has 0 saturated heterocycles. The van der Waals surface area contributed by atoms with Crippen molar-refractivity contribution in [2.75, 3.05) is 19.2 Å². The smallest absolute Gasteiger partial charge is 0.397 e. The fraction of sp³-hybridized carbons (Fsp3) is 0.400. The molecule has 1 amide bonds. The van der Waals surface area contributed by atoms with E-state index in [1.165, 1.54) is 31.4 Å². The Morgan fingerprint density at radius 1 is 1.09 bits per heavy atom. The summed E-state index contributed by atoms with van der Waals surface area (Å²) in [5.74, 6) is -2.41. The van der Waals surface area contributed by atoms with Crippen LogP contribution in [0.1, 0.15) is 31.1 Å². The summed E-state index contributed by atoms with van der Waals surface area (Å²) in [6.07, 6.45) is 0. The lowest BCUT2D eigenvalue weighted by atomic mass is 10.2. The van der Waals surface area contributed by atoms with Crippen LogP contribution in [0.15, 0.2) is 24.3 Å². The van der Waals surface area contributed by atoms with Crippen LogP contribution in [0, 0.1) is 0 Å². The van der Waals surface area contributed by atoms with Gasteiger partial charge in [-0.1, -0.05) is 0 Å². The molecule has 0 atom stereocenters. The maximum atomic E-state index is 11.7. The van der Waals surface area contributed by atoms with E-state index in [-0.39, 0.29) is 6.79 Å². The fourth-order valence-electron chi connectivity index (χ4n) is 1.39. The summed E-state index contributed by atoms with van der Waals surface area (Å²) in [5, 5.41) is 2.38. The third kappa shape index (κ3) is 5.92. The van der Waals surface area contributed by atoms with E-state index in [2.05, 4.69) is 10.1 Å². The number of esters is 2. The van der Waals surface area contributed by atoms with Crippen LogP contribution in [0.25, 0.3) is 0 Å². The zero-order valence-corrected chi connectivity index (χ0v) is 13.0. The first kappa shape index (κ1) is 17.6. The molecule has 0 aromatic heterocycles. The van der Waals surface area contributed by atoms with E-state index in [0.717, 1.165) is 0 Å². The van der Waals surface area contributed by atoms with Crippen molar-refractivity contribution in [1.29, 1.82) is 0 Å². The topological polar surface area (TPSA) is 90.9 Å². The monoisotopic (exact) mass is 309 g/mol. The van der Waals surface area contributed by atoms with Gasteiger partial charge < -0.3 is 19.5 Å². The lowest BCUT2D eigenvalue weighted by Crippen LogP contribution is -2.32. The van der Waals surface area contributed by atoms with Gasteiger partial charge in [-0.3, -0.25) is 4.79 Å². The number of nitrogens with one attached hydrogen (secondary N) is 1. The number of carbonyl (C=O) groups excluding carboxylic acids is 3. The van der Waals surface area contributed by atoms with Crippen molar-refractivity contribution < 1.29 is 28.6 Å². The Morgan fingerprint density at radius 3 is 2.18 bits per heavy atom. The normalized spacial score (nSPS) is 10.7. The third-order valence-corrected chi connectivity index (χ3v) is 2.27. The molecule has 0 aliphatic rings. The molecule has 0 radical (unpaired) electrons. The molecule has 0 unspecified atom stereocenters. The van der Waals surface area contributed by atoms with E-state index >= 15 is 0 Å². The number of hydrogen-bond acceptors (Lipinski definition) is 6. The Labute approximate surface area is 128 Å². The van der Waals surface area contributed by atoms with Gasteiger partial charge in [0.15, 0.2) is 6.79 Å². The van der Waals surface area contributed by atoms with Crippen LogP contribution >= 0.6 is 0 Å². The molecule has 120 valence electrons. The van der Waals surface area contributed by atoms with Gasteiger partial charge in [0.05, 0.1) is 5.56 Å². The average molecular weight is 309 g/mol. The highest BCUT2D eigenvalue weighted by Crippen LogP contribution is 2.12. The standard InChI is InChI=1S/C15H19NO6/c1-15(2,3)22-14(19)12(17)16-11-7-5-10(6-8-11)13(18)21-9-20-4/h5-8H,9H2,1-4H3,(H,16,17). The van der Waals surface area contributed by atoms with Gasteiger partial charge in [-0.05, 0) is 45.0 Å². The molecule has 1 rings (SSSR count). The van der Waals surface area contributed by atoms with Gasteiger partial charge in [-0.2, -0.15) is 0 Å². The number of carbonyl (C=O) groups is 3. The zero-order valence-electron chi connectivity index (χ0n) is 13.0. The predicted octanol–water partition coefficient (Wildman–Crippen LogP) is 1.73. The molecule has 1 aromatic carbocycles. The van der Waals surface area contributed by atoms with Crippen LogP contribution in [0.5, 0.6) is 0 Å². The minimum atomic E-state index is -0.976. The van der Waals surface area contributed by atoms with E-state index in [0.29, 0.717) is 11.3 Å². The Balaban J connectivity index is 2.62. The minimum absolute atomic E-state index is 0.143. The molecule has 22 heavy (non-hydrogen) atoms. The lowest BCUT2D eigenvalue weighted by Gasteiger charge is -2.18. The number of ether oxygens (including phenoxy) is 3. The van der Waals surface area contributed by atoms with Crippen LogP contribution in [0.2, 0.25) is 0 Å². The van der Waals surface area contributed by atoms with Crippen LogP contribution in [0.4, 0.5) is 5.69 Å². The molecule has 0 aliphatic heterocycles. The van der Waals surface area contributed by atoms with Crippen molar-refractivity contribution in [3.8, 4) is 0 Å². The Morgan fingerprint density at radius 2 is 1.68 bits per heavy atom. The first-order valence-electron chi connectivity index (χ1n) is 6.53. The number of rotatable bonds is 4. The summed E-state index contributed by atoms with van der Waals surface area (Å²) in [4.78, 5) is 34.7. The van der Waals surface area contributed by atoms with Crippen molar-refractivity contribution in [2.45, 2.75) is 26.4 Å². The van der Waals surface area contributed by atoms with E-state index in [9.17, 15) is 14.4 Å². The summed E-state index contributed by atoms with van der Waals surface area (Å²) in [7, 11) is 1.41. The summed E-state index contributed by atoms with van der Waals surface area (Å²) in [5.41, 5.74) is -0.0879. The van der Waals surface area contributed by atoms with Gasteiger partial charge in [0.1, 0.15) is 5.60 Å². The van der Waals surface area contributed by atoms with Crippen LogP contribution in [-0.2, 0) is 23.8 Å². The van der Waals surface area contributed by atoms with Crippen LogP contribution in [0.3, 0.4) is 0 Å². The predicted molar refractivity (Wildman–Crippen MR) is 78.2 cm³/mol.